The van der Waals surface area contributed by atoms with E-state index in [-0.39, 0.29) is 11.8 Å². The maximum absolute atomic E-state index is 12.6. The van der Waals surface area contributed by atoms with Gasteiger partial charge in [-0.15, -0.1) is 11.3 Å². The van der Waals surface area contributed by atoms with Crippen LogP contribution in [-0.4, -0.2) is 43.4 Å². The third-order valence-corrected chi connectivity index (χ3v) is 4.93. The summed E-state index contributed by atoms with van der Waals surface area (Å²) in [5, 5.41) is 5.98. The Morgan fingerprint density at radius 1 is 1.48 bits per heavy atom. The standard InChI is InChI=1S/C15H17N5O2S/c1-10-16-14(18-22-10)11-3-2-4-19(8-11)13(21)7-12-9-20-5-6-23-15(20)17-12/h5-6,9,11H,2-4,7-8H2,1H3/t11-/m1/s1. The zero-order valence-electron chi connectivity index (χ0n) is 12.8. The van der Waals surface area contributed by atoms with Crippen molar-refractivity contribution in [3.05, 3.63) is 35.2 Å². The first-order valence-electron chi connectivity index (χ1n) is 7.68. The number of amides is 1. The first-order valence-corrected chi connectivity index (χ1v) is 8.56. The summed E-state index contributed by atoms with van der Waals surface area (Å²) in [7, 11) is 0. The van der Waals surface area contributed by atoms with Gasteiger partial charge in [-0.25, -0.2) is 4.98 Å². The Morgan fingerprint density at radius 2 is 2.39 bits per heavy atom. The minimum atomic E-state index is 0.112. The van der Waals surface area contributed by atoms with Crippen LogP contribution in [0.4, 0.5) is 0 Å². The molecule has 0 bridgehead atoms. The van der Waals surface area contributed by atoms with Crippen molar-refractivity contribution in [2.24, 2.45) is 0 Å². The van der Waals surface area contributed by atoms with E-state index in [1.807, 2.05) is 27.1 Å². The van der Waals surface area contributed by atoms with Crippen LogP contribution in [0.2, 0.25) is 0 Å². The second kappa shape index (κ2) is 5.77. The Bertz CT molecular complexity index is 807. The summed E-state index contributed by atoms with van der Waals surface area (Å²) in [6, 6.07) is 0. The first-order chi connectivity index (χ1) is 11.2. The number of carbonyl (C=O) groups is 1. The lowest BCUT2D eigenvalue weighted by Crippen LogP contribution is -2.40. The van der Waals surface area contributed by atoms with Gasteiger partial charge >= 0.3 is 0 Å². The molecule has 23 heavy (non-hydrogen) atoms. The minimum absolute atomic E-state index is 0.112. The molecular formula is C15H17N5O2S. The molecule has 0 radical (unpaired) electrons. The highest BCUT2D eigenvalue weighted by molar-refractivity contribution is 7.15. The molecule has 1 amide bonds. The highest BCUT2D eigenvalue weighted by Crippen LogP contribution is 2.25. The number of aryl methyl sites for hydroxylation is 1. The summed E-state index contributed by atoms with van der Waals surface area (Å²) in [5.41, 5.74) is 0.819. The van der Waals surface area contributed by atoms with Gasteiger partial charge in [0.05, 0.1) is 12.1 Å². The lowest BCUT2D eigenvalue weighted by Gasteiger charge is -2.31. The fourth-order valence-corrected chi connectivity index (χ4v) is 3.74. The normalized spacial score (nSPS) is 18.7. The number of carbonyl (C=O) groups excluding carboxylic acids is 1. The molecule has 0 N–H and O–H groups in total. The molecule has 3 aromatic rings. The highest BCUT2D eigenvalue weighted by Gasteiger charge is 2.28. The van der Waals surface area contributed by atoms with E-state index in [0.717, 1.165) is 30.0 Å². The van der Waals surface area contributed by atoms with E-state index in [4.69, 9.17) is 4.52 Å². The van der Waals surface area contributed by atoms with Crippen LogP contribution in [0.3, 0.4) is 0 Å². The number of fused-ring (bicyclic) bond motifs is 1. The number of rotatable bonds is 3. The molecule has 1 aliphatic heterocycles. The average Bonchev–Trinajstić information content (AvgIpc) is 3.23. The van der Waals surface area contributed by atoms with Crippen LogP contribution in [0.5, 0.6) is 0 Å². The van der Waals surface area contributed by atoms with Crippen LogP contribution in [0, 0.1) is 6.92 Å². The number of nitrogens with zero attached hydrogens (tertiary/aromatic N) is 5. The van der Waals surface area contributed by atoms with Gasteiger partial charge in [0.2, 0.25) is 11.8 Å². The summed E-state index contributed by atoms with van der Waals surface area (Å²) in [4.78, 5) is 24.2. The van der Waals surface area contributed by atoms with Crippen molar-refractivity contribution < 1.29 is 9.32 Å². The molecule has 4 heterocycles. The van der Waals surface area contributed by atoms with E-state index in [1.54, 1.807) is 18.3 Å². The molecule has 7 nitrogen and oxygen atoms in total. The monoisotopic (exact) mass is 331 g/mol. The number of thiazole rings is 1. The number of imidazole rings is 1. The molecule has 120 valence electrons. The van der Waals surface area contributed by atoms with Crippen LogP contribution in [0.1, 0.15) is 36.2 Å². The molecule has 4 rings (SSSR count). The van der Waals surface area contributed by atoms with Crippen LogP contribution in [0.15, 0.2) is 22.3 Å². The Labute approximate surface area is 136 Å². The van der Waals surface area contributed by atoms with E-state index in [1.165, 1.54) is 0 Å². The van der Waals surface area contributed by atoms with Gasteiger partial charge in [0, 0.05) is 43.7 Å². The summed E-state index contributed by atoms with van der Waals surface area (Å²) in [5.74, 6) is 1.56. The van der Waals surface area contributed by atoms with Crippen molar-refractivity contribution >= 4 is 22.2 Å². The van der Waals surface area contributed by atoms with E-state index >= 15 is 0 Å². The maximum atomic E-state index is 12.6. The quantitative estimate of drug-likeness (QED) is 0.734. The van der Waals surface area contributed by atoms with Crippen molar-refractivity contribution in [2.75, 3.05) is 13.1 Å². The number of piperidine rings is 1. The molecule has 0 spiro atoms. The number of hydrogen-bond donors (Lipinski definition) is 0. The Balaban J connectivity index is 1.44. The lowest BCUT2D eigenvalue weighted by atomic mass is 9.97. The summed E-state index contributed by atoms with van der Waals surface area (Å²) in [6.45, 7) is 3.22. The molecule has 8 heteroatoms. The summed E-state index contributed by atoms with van der Waals surface area (Å²) < 4.78 is 7.01. The van der Waals surface area contributed by atoms with Crippen LogP contribution < -0.4 is 0 Å². The molecule has 1 atom stereocenters. The van der Waals surface area contributed by atoms with E-state index in [9.17, 15) is 4.79 Å². The topological polar surface area (TPSA) is 76.5 Å². The third-order valence-electron chi connectivity index (χ3n) is 4.16. The van der Waals surface area contributed by atoms with Gasteiger partial charge in [-0.05, 0) is 12.8 Å². The van der Waals surface area contributed by atoms with Crippen molar-refractivity contribution in [2.45, 2.75) is 32.1 Å². The van der Waals surface area contributed by atoms with Crippen LogP contribution >= 0.6 is 11.3 Å². The smallest absolute Gasteiger partial charge is 0.228 e. The largest absolute Gasteiger partial charge is 0.342 e. The van der Waals surface area contributed by atoms with Crippen molar-refractivity contribution in [1.82, 2.24) is 24.4 Å². The Morgan fingerprint density at radius 3 is 3.17 bits per heavy atom. The number of hydrogen-bond acceptors (Lipinski definition) is 6. The minimum Gasteiger partial charge on any atom is -0.342 e. The van der Waals surface area contributed by atoms with E-state index < -0.39 is 0 Å². The molecule has 0 unspecified atom stereocenters. The molecular weight excluding hydrogens is 314 g/mol. The molecule has 1 aliphatic rings. The zero-order chi connectivity index (χ0) is 15.8. The van der Waals surface area contributed by atoms with Crippen molar-refractivity contribution in [3.8, 4) is 0 Å². The second-order valence-electron chi connectivity index (χ2n) is 5.85. The molecule has 0 aromatic carbocycles. The summed E-state index contributed by atoms with van der Waals surface area (Å²) in [6.07, 6.45) is 6.17. The third kappa shape index (κ3) is 2.86. The fourth-order valence-electron chi connectivity index (χ4n) is 3.02. The average molecular weight is 331 g/mol. The molecule has 1 fully saturated rings. The van der Waals surface area contributed by atoms with Crippen LogP contribution in [-0.2, 0) is 11.2 Å². The molecule has 0 aliphatic carbocycles. The van der Waals surface area contributed by atoms with E-state index in [0.29, 0.717) is 24.7 Å². The van der Waals surface area contributed by atoms with Gasteiger partial charge in [-0.3, -0.25) is 9.20 Å². The Hall–Kier alpha value is -2.22. The Kier molecular flexibility index (Phi) is 3.60. The predicted molar refractivity (Wildman–Crippen MR) is 84.4 cm³/mol. The fraction of sp³-hybridized carbons (Fsp3) is 0.467. The van der Waals surface area contributed by atoms with Crippen molar-refractivity contribution in [3.63, 3.8) is 0 Å². The van der Waals surface area contributed by atoms with Gasteiger partial charge in [0.1, 0.15) is 0 Å². The van der Waals surface area contributed by atoms with Gasteiger partial charge in [0.15, 0.2) is 10.8 Å². The van der Waals surface area contributed by atoms with Gasteiger partial charge in [-0.1, -0.05) is 5.16 Å². The molecule has 3 aromatic heterocycles. The SMILES string of the molecule is Cc1nc([C@@H]2CCCN(C(=O)Cc3cn4ccsc4n3)C2)no1. The lowest BCUT2D eigenvalue weighted by molar-refractivity contribution is -0.131. The number of likely N-dealkylation sites (tertiary alicyclic amines) is 1. The van der Waals surface area contributed by atoms with Crippen molar-refractivity contribution in [1.29, 1.82) is 0 Å². The second-order valence-corrected chi connectivity index (χ2v) is 6.73. The van der Waals surface area contributed by atoms with Gasteiger partial charge in [-0.2, -0.15) is 4.98 Å². The van der Waals surface area contributed by atoms with E-state index in [2.05, 4.69) is 15.1 Å². The predicted octanol–water partition coefficient (Wildman–Crippen LogP) is 2.04. The molecule has 0 saturated carbocycles. The van der Waals surface area contributed by atoms with Gasteiger partial charge < -0.3 is 9.42 Å². The van der Waals surface area contributed by atoms with Gasteiger partial charge in [0.25, 0.3) is 0 Å². The first kappa shape index (κ1) is 14.4. The van der Waals surface area contributed by atoms with Crippen LogP contribution in [0.25, 0.3) is 4.96 Å². The maximum Gasteiger partial charge on any atom is 0.228 e. The zero-order valence-corrected chi connectivity index (χ0v) is 13.6. The summed E-state index contributed by atoms with van der Waals surface area (Å²) >= 11 is 1.57. The number of aromatic nitrogens is 4. The highest BCUT2D eigenvalue weighted by atomic mass is 32.1. The molecule has 1 saturated heterocycles.